The number of anilines is 1. The number of nitrogens with one attached hydrogen (secondary N) is 1. The van der Waals surface area contributed by atoms with Crippen molar-refractivity contribution in [1.82, 2.24) is 9.97 Å². The molecule has 15 heavy (non-hydrogen) atoms. The zero-order chi connectivity index (χ0) is 10.7. The van der Waals surface area contributed by atoms with Crippen molar-refractivity contribution in [2.24, 2.45) is 0 Å². The summed E-state index contributed by atoms with van der Waals surface area (Å²) < 4.78 is 0. The first-order valence-corrected chi connectivity index (χ1v) is 5.96. The molecule has 0 amide bonds. The summed E-state index contributed by atoms with van der Waals surface area (Å²) in [5.41, 5.74) is 1.21. The van der Waals surface area contributed by atoms with Crippen LogP contribution in [0.2, 0.25) is 0 Å². The molecule has 0 radical (unpaired) electrons. The average molecular weight is 226 g/mol. The fourth-order valence-electron chi connectivity index (χ4n) is 1.57. The third-order valence-corrected chi connectivity index (χ3v) is 3.24. The number of nitrogens with zero attached hydrogens (tertiary/aromatic N) is 2. The van der Waals surface area contributed by atoms with Gasteiger partial charge in [0.2, 0.25) is 0 Å². The quantitative estimate of drug-likeness (QED) is 0.783. The van der Waals surface area contributed by atoms with Crippen LogP contribution in [-0.4, -0.2) is 21.4 Å². The number of hydrogen-bond donors (Lipinski definition) is 1. The molecule has 1 heterocycles. The summed E-state index contributed by atoms with van der Waals surface area (Å²) in [7, 11) is 0. The molecular formula is C11H16ClN3. The van der Waals surface area contributed by atoms with Crippen LogP contribution >= 0.6 is 11.6 Å². The molecule has 2 rings (SSSR count). The molecule has 1 aliphatic carbocycles. The maximum atomic E-state index is 5.90. The van der Waals surface area contributed by atoms with Gasteiger partial charge in [-0.1, -0.05) is 13.3 Å². The number of halogens is 1. The molecule has 1 fully saturated rings. The molecule has 1 aliphatic rings. The van der Waals surface area contributed by atoms with Crippen LogP contribution in [0.4, 0.5) is 5.82 Å². The largest absolute Gasteiger partial charge is 0.363 e. The van der Waals surface area contributed by atoms with Gasteiger partial charge in [-0.05, 0) is 19.3 Å². The van der Waals surface area contributed by atoms with Crippen LogP contribution in [-0.2, 0) is 6.42 Å². The van der Waals surface area contributed by atoms with Gasteiger partial charge in [0.05, 0.1) is 5.54 Å². The Labute approximate surface area is 95.3 Å². The van der Waals surface area contributed by atoms with Gasteiger partial charge < -0.3 is 5.32 Å². The van der Waals surface area contributed by atoms with Crippen LogP contribution in [0.3, 0.4) is 0 Å². The number of alkyl halides is 1. The van der Waals surface area contributed by atoms with E-state index in [-0.39, 0.29) is 5.54 Å². The van der Waals surface area contributed by atoms with Crippen LogP contribution in [0.15, 0.2) is 12.4 Å². The number of hydrogen-bond acceptors (Lipinski definition) is 3. The van der Waals surface area contributed by atoms with Gasteiger partial charge in [-0.25, -0.2) is 9.97 Å². The van der Waals surface area contributed by atoms with E-state index in [4.69, 9.17) is 11.6 Å². The van der Waals surface area contributed by atoms with Gasteiger partial charge in [-0.3, -0.25) is 0 Å². The molecule has 82 valence electrons. The third kappa shape index (κ3) is 2.59. The van der Waals surface area contributed by atoms with Gasteiger partial charge >= 0.3 is 0 Å². The van der Waals surface area contributed by atoms with Gasteiger partial charge in [0.25, 0.3) is 0 Å². The van der Waals surface area contributed by atoms with Crippen molar-refractivity contribution < 1.29 is 0 Å². The highest BCUT2D eigenvalue weighted by Gasteiger charge is 2.42. The SMILES string of the molecule is CCCc1cc(NC2(CCl)CC2)ncn1. The second-order valence-electron chi connectivity index (χ2n) is 4.18. The second kappa shape index (κ2) is 4.35. The van der Waals surface area contributed by atoms with Crippen molar-refractivity contribution in [2.45, 2.75) is 38.1 Å². The van der Waals surface area contributed by atoms with E-state index in [0.717, 1.165) is 37.2 Å². The van der Waals surface area contributed by atoms with Crippen LogP contribution in [0.1, 0.15) is 31.9 Å². The Morgan fingerprint density at radius 1 is 1.47 bits per heavy atom. The molecular weight excluding hydrogens is 210 g/mol. The Morgan fingerprint density at radius 2 is 2.27 bits per heavy atom. The zero-order valence-electron chi connectivity index (χ0n) is 8.96. The first-order chi connectivity index (χ1) is 7.28. The molecule has 3 nitrogen and oxygen atoms in total. The first kappa shape index (κ1) is 10.7. The standard InChI is InChI=1S/C11H16ClN3/c1-2-3-9-6-10(14-8-13-9)15-11(7-12)4-5-11/h6,8H,2-5,7H2,1H3,(H,13,14,15). The van der Waals surface area contributed by atoms with Gasteiger partial charge in [0.15, 0.2) is 0 Å². The van der Waals surface area contributed by atoms with E-state index < -0.39 is 0 Å². The summed E-state index contributed by atoms with van der Waals surface area (Å²) in [4.78, 5) is 8.44. The summed E-state index contributed by atoms with van der Waals surface area (Å²) in [5.74, 6) is 1.56. The summed E-state index contributed by atoms with van der Waals surface area (Å²) in [5, 5.41) is 3.39. The van der Waals surface area contributed by atoms with E-state index in [2.05, 4.69) is 22.2 Å². The van der Waals surface area contributed by atoms with Crippen molar-refractivity contribution in [3.8, 4) is 0 Å². The summed E-state index contributed by atoms with van der Waals surface area (Å²) in [6.45, 7) is 2.15. The van der Waals surface area contributed by atoms with Crippen LogP contribution in [0.25, 0.3) is 0 Å². The molecule has 1 saturated carbocycles. The van der Waals surface area contributed by atoms with E-state index in [9.17, 15) is 0 Å². The summed E-state index contributed by atoms with van der Waals surface area (Å²) in [6.07, 6.45) is 6.02. The Balaban J connectivity index is 2.05. The van der Waals surface area contributed by atoms with Gasteiger partial charge in [-0.2, -0.15) is 0 Å². The fourth-order valence-corrected chi connectivity index (χ4v) is 1.91. The molecule has 0 unspecified atom stereocenters. The molecule has 0 bridgehead atoms. The summed E-state index contributed by atoms with van der Waals surface area (Å²) in [6, 6.07) is 2.02. The lowest BCUT2D eigenvalue weighted by atomic mass is 10.2. The minimum atomic E-state index is 0.111. The van der Waals surface area contributed by atoms with E-state index in [1.54, 1.807) is 6.33 Å². The Kier molecular flexibility index (Phi) is 3.10. The van der Waals surface area contributed by atoms with E-state index >= 15 is 0 Å². The van der Waals surface area contributed by atoms with Crippen LogP contribution in [0, 0.1) is 0 Å². The number of rotatable bonds is 5. The van der Waals surface area contributed by atoms with Gasteiger partial charge in [0.1, 0.15) is 12.1 Å². The fraction of sp³-hybridized carbons (Fsp3) is 0.636. The predicted octanol–water partition coefficient (Wildman–Crippen LogP) is 2.61. The van der Waals surface area contributed by atoms with Crippen molar-refractivity contribution >= 4 is 17.4 Å². The molecule has 4 heteroatoms. The zero-order valence-corrected chi connectivity index (χ0v) is 9.72. The highest BCUT2D eigenvalue weighted by molar-refractivity contribution is 6.19. The predicted molar refractivity (Wildman–Crippen MR) is 62.3 cm³/mol. The molecule has 1 N–H and O–H groups in total. The van der Waals surface area contributed by atoms with Crippen molar-refractivity contribution in [3.63, 3.8) is 0 Å². The normalized spacial score (nSPS) is 17.5. The average Bonchev–Trinajstić information content (AvgIpc) is 3.00. The highest BCUT2D eigenvalue weighted by Crippen LogP contribution is 2.39. The minimum Gasteiger partial charge on any atom is -0.363 e. The maximum absolute atomic E-state index is 5.90. The van der Waals surface area contributed by atoms with Gasteiger partial charge in [0, 0.05) is 17.6 Å². The smallest absolute Gasteiger partial charge is 0.130 e. The van der Waals surface area contributed by atoms with Crippen LogP contribution in [0.5, 0.6) is 0 Å². The first-order valence-electron chi connectivity index (χ1n) is 5.43. The Morgan fingerprint density at radius 3 is 2.87 bits per heavy atom. The molecule has 0 atom stereocenters. The molecule has 0 spiro atoms. The van der Waals surface area contributed by atoms with Crippen molar-refractivity contribution in [1.29, 1.82) is 0 Å². The summed E-state index contributed by atoms with van der Waals surface area (Å²) >= 11 is 5.90. The lowest BCUT2D eigenvalue weighted by molar-refractivity contribution is 0.818. The lowest BCUT2D eigenvalue weighted by Gasteiger charge is -2.14. The van der Waals surface area contributed by atoms with Crippen molar-refractivity contribution in [3.05, 3.63) is 18.1 Å². The topological polar surface area (TPSA) is 37.8 Å². The Hall–Kier alpha value is -0.830. The third-order valence-electron chi connectivity index (χ3n) is 2.73. The molecule has 0 aromatic carbocycles. The van der Waals surface area contributed by atoms with E-state index in [1.165, 1.54) is 0 Å². The molecule has 0 saturated heterocycles. The van der Waals surface area contributed by atoms with E-state index in [1.807, 2.05) is 6.07 Å². The molecule has 1 aromatic heterocycles. The number of aryl methyl sites for hydroxylation is 1. The second-order valence-corrected chi connectivity index (χ2v) is 4.45. The van der Waals surface area contributed by atoms with Crippen LogP contribution < -0.4 is 5.32 Å². The molecule has 1 aromatic rings. The molecule has 0 aliphatic heterocycles. The minimum absolute atomic E-state index is 0.111. The van der Waals surface area contributed by atoms with Crippen molar-refractivity contribution in [2.75, 3.05) is 11.2 Å². The monoisotopic (exact) mass is 225 g/mol. The van der Waals surface area contributed by atoms with Gasteiger partial charge in [-0.15, -0.1) is 11.6 Å². The van der Waals surface area contributed by atoms with E-state index in [0.29, 0.717) is 5.88 Å². The Bertz CT molecular complexity index is 336. The number of aromatic nitrogens is 2. The highest BCUT2D eigenvalue weighted by atomic mass is 35.5. The lowest BCUT2D eigenvalue weighted by Crippen LogP contribution is -2.23. The maximum Gasteiger partial charge on any atom is 0.130 e.